The third-order valence-electron chi connectivity index (χ3n) is 2.66. The average Bonchev–Trinajstić information content (AvgIpc) is 2.93. The molecular formula is C14H13NO5. The second kappa shape index (κ2) is 5.92. The number of methoxy groups -OCH3 is 1. The summed E-state index contributed by atoms with van der Waals surface area (Å²) in [6.45, 7) is 0.265. The summed E-state index contributed by atoms with van der Waals surface area (Å²) < 4.78 is 9.81. The van der Waals surface area contributed by atoms with Gasteiger partial charge in [-0.2, -0.15) is 0 Å². The first-order valence-corrected chi connectivity index (χ1v) is 5.85. The predicted octanol–water partition coefficient (Wildman–Crippen LogP) is 2.38. The zero-order valence-corrected chi connectivity index (χ0v) is 10.8. The predicted molar refractivity (Wildman–Crippen MR) is 70.8 cm³/mol. The van der Waals surface area contributed by atoms with Crippen LogP contribution in [0.3, 0.4) is 0 Å². The maximum absolute atomic E-state index is 11.2. The number of para-hydroxylation sites is 1. The lowest BCUT2D eigenvalue weighted by Gasteiger charge is -2.07. The van der Waals surface area contributed by atoms with Gasteiger partial charge in [-0.3, -0.25) is 0 Å². The highest BCUT2D eigenvalue weighted by molar-refractivity contribution is 5.94. The van der Waals surface area contributed by atoms with Crippen LogP contribution in [-0.2, 0) is 11.3 Å². The van der Waals surface area contributed by atoms with E-state index in [9.17, 15) is 9.59 Å². The molecule has 20 heavy (non-hydrogen) atoms. The summed E-state index contributed by atoms with van der Waals surface area (Å²) in [6, 6.07) is 9.68. The quantitative estimate of drug-likeness (QED) is 0.814. The number of ether oxygens (including phenoxy) is 1. The van der Waals surface area contributed by atoms with E-state index in [2.05, 4.69) is 10.1 Å². The van der Waals surface area contributed by atoms with Gasteiger partial charge in [0.15, 0.2) is 0 Å². The third kappa shape index (κ3) is 2.97. The Morgan fingerprint density at radius 1 is 1.25 bits per heavy atom. The molecule has 0 bridgehead atoms. The number of aromatic carboxylic acids is 1. The van der Waals surface area contributed by atoms with Crippen LogP contribution >= 0.6 is 0 Å². The monoisotopic (exact) mass is 275 g/mol. The Bertz CT molecular complexity index is 632. The van der Waals surface area contributed by atoms with Crippen molar-refractivity contribution in [2.75, 3.05) is 12.4 Å². The smallest absolute Gasteiger partial charge is 0.373 e. The molecule has 2 N–H and O–H groups in total. The van der Waals surface area contributed by atoms with Gasteiger partial charge in [-0.25, -0.2) is 9.59 Å². The van der Waals surface area contributed by atoms with Gasteiger partial charge in [0.2, 0.25) is 5.76 Å². The number of rotatable bonds is 5. The van der Waals surface area contributed by atoms with Gasteiger partial charge in [0.25, 0.3) is 0 Å². The maximum atomic E-state index is 11.2. The SMILES string of the molecule is COC(=O)c1ccc(CNc2ccccc2C(=O)O)o1. The number of carbonyl (C=O) groups excluding carboxylic acids is 1. The third-order valence-corrected chi connectivity index (χ3v) is 2.66. The fourth-order valence-electron chi connectivity index (χ4n) is 1.69. The van der Waals surface area contributed by atoms with Crippen molar-refractivity contribution < 1.29 is 23.8 Å². The lowest BCUT2D eigenvalue weighted by atomic mass is 10.2. The fourth-order valence-corrected chi connectivity index (χ4v) is 1.69. The normalized spacial score (nSPS) is 10.1. The van der Waals surface area contributed by atoms with Crippen LogP contribution < -0.4 is 5.32 Å². The standard InChI is InChI=1S/C14H13NO5/c1-19-14(18)12-7-6-9(20-12)8-15-11-5-3-2-4-10(11)13(16)17/h2-7,15H,8H2,1H3,(H,16,17). The van der Waals surface area contributed by atoms with Gasteiger partial charge in [-0.15, -0.1) is 0 Å². The molecule has 0 aliphatic carbocycles. The minimum absolute atomic E-state index is 0.107. The van der Waals surface area contributed by atoms with Gasteiger partial charge in [-0.1, -0.05) is 12.1 Å². The van der Waals surface area contributed by atoms with Crippen molar-refractivity contribution in [1.29, 1.82) is 0 Å². The van der Waals surface area contributed by atoms with E-state index < -0.39 is 11.9 Å². The van der Waals surface area contributed by atoms with Crippen LogP contribution in [0.5, 0.6) is 0 Å². The lowest BCUT2D eigenvalue weighted by molar-refractivity contribution is 0.0562. The number of hydrogen-bond acceptors (Lipinski definition) is 5. The molecule has 0 atom stereocenters. The molecule has 1 aromatic carbocycles. The van der Waals surface area contributed by atoms with E-state index in [-0.39, 0.29) is 17.9 Å². The van der Waals surface area contributed by atoms with Crippen LogP contribution in [0.4, 0.5) is 5.69 Å². The minimum Gasteiger partial charge on any atom is -0.478 e. The van der Waals surface area contributed by atoms with Crippen molar-refractivity contribution in [2.24, 2.45) is 0 Å². The van der Waals surface area contributed by atoms with E-state index in [1.54, 1.807) is 24.3 Å². The van der Waals surface area contributed by atoms with E-state index >= 15 is 0 Å². The van der Waals surface area contributed by atoms with Crippen LogP contribution in [0, 0.1) is 0 Å². The number of esters is 1. The Hall–Kier alpha value is -2.76. The Morgan fingerprint density at radius 2 is 2.00 bits per heavy atom. The average molecular weight is 275 g/mol. The van der Waals surface area contributed by atoms with Crippen LogP contribution in [0.25, 0.3) is 0 Å². The largest absolute Gasteiger partial charge is 0.478 e. The Kier molecular flexibility index (Phi) is 4.05. The summed E-state index contributed by atoms with van der Waals surface area (Å²) in [5, 5.41) is 12.0. The summed E-state index contributed by atoms with van der Waals surface area (Å²) >= 11 is 0. The van der Waals surface area contributed by atoms with Crippen molar-refractivity contribution in [1.82, 2.24) is 0 Å². The van der Waals surface area contributed by atoms with Gasteiger partial charge in [0.05, 0.1) is 19.2 Å². The molecule has 6 nitrogen and oxygen atoms in total. The topological polar surface area (TPSA) is 88.8 Å². The highest BCUT2D eigenvalue weighted by Crippen LogP contribution is 2.17. The number of carboxylic acids is 1. The first-order chi connectivity index (χ1) is 9.61. The molecule has 0 fully saturated rings. The molecule has 2 rings (SSSR count). The van der Waals surface area contributed by atoms with Crippen LogP contribution in [0.2, 0.25) is 0 Å². The summed E-state index contributed by atoms with van der Waals surface area (Å²) in [6.07, 6.45) is 0. The van der Waals surface area contributed by atoms with Crippen LogP contribution in [0.15, 0.2) is 40.8 Å². The van der Waals surface area contributed by atoms with E-state index in [0.29, 0.717) is 11.4 Å². The first-order valence-electron chi connectivity index (χ1n) is 5.85. The van der Waals surface area contributed by atoms with Gasteiger partial charge in [-0.05, 0) is 24.3 Å². The second-order valence-corrected chi connectivity index (χ2v) is 3.96. The van der Waals surface area contributed by atoms with Crippen molar-refractivity contribution in [2.45, 2.75) is 6.54 Å². The molecule has 0 unspecified atom stereocenters. The lowest BCUT2D eigenvalue weighted by Crippen LogP contribution is -2.05. The van der Waals surface area contributed by atoms with E-state index in [0.717, 1.165) is 0 Å². The highest BCUT2D eigenvalue weighted by atomic mass is 16.5. The number of carbonyl (C=O) groups is 2. The van der Waals surface area contributed by atoms with Gasteiger partial charge < -0.3 is 19.6 Å². The molecule has 0 saturated carbocycles. The summed E-state index contributed by atoms with van der Waals surface area (Å²) in [7, 11) is 1.27. The van der Waals surface area contributed by atoms with Crippen molar-refractivity contribution in [3.05, 3.63) is 53.5 Å². The molecule has 104 valence electrons. The van der Waals surface area contributed by atoms with Gasteiger partial charge >= 0.3 is 11.9 Å². The Labute approximate surface area is 115 Å². The molecule has 0 spiro atoms. The Balaban J connectivity index is 2.07. The molecule has 0 aliphatic heterocycles. The zero-order valence-electron chi connectivity index (χ0n) is 10.8. The molecule has 1 aromatic heterocycles. The zero-order chi connectivity index (χ0) is 14.5. The molecule has 2 aromatic rings. The number of anilines is 1. The summed E-state index contributed by atoms with van der Waals surface area (Å²) in [5.41, 5.74) is 0.656. The number of carboxylic acid groups (broad SMARTS) is 1. The highest BCUT2D eigenvalue weighted by Gasteiger charge is 2.12. The summed E-state index contributed by atoms with van der Waals surface area (Å²) in [5.74, 6) is -0.952. The minimum atomic E-state index is -1.01. The van der Waals surface area contributed by atoms with E-state index in [1.807, 2.05) is 0 Å². The molecule has 0 saturated heterocycles. The maximum Gasteiger partial charge on any atom is 0.373 e. The molecule has 0 radical (unpaired) electrons. The molecule has 1 heterocycles. The van der Waals surface area contributed by atoms with Crippen molar-refractivity contribution >= 4 is 17.6 Å². The molecule has 0 aliphatic rings. The summed E-state index contributed by atoms with van der Waals surface area (Å²) in [4.78, 5) is 22.3. The first kappa shape index (κ1) is 13.7. The molecule has 6 heteroatoms. The number of furan rings is 1. The fraction of sp³-hybridized carbons (Fsp3) is 0.143. The molecular weight excluding hydrogens is 262 g/mol. The van der Waals surface area contributed by atoms with Crippen LogP contribution in [-0.4, -0.2) is 24.2 Å². The van der Waals surface area contributed by atoms with E-state index in [4.69, 9.17) is 9.52 Å². The molecule has 0 amide bonds. The second-order valence-electron chi connectivity index (χ2n) is 3.96. The van der Waals surface area contributed by atoms with Crippen LogP contribution in [0.1, 0.15) is 26.7 Å². The number of hydrogen-bond donors (Lipinski definition) is 2. The Morgan fingerprint density at radius 3 is 2.70 bits per heavy atom. The van der Waals surface area contributed by atoms with Crippen molar-refractivity contribution in [3.63, 3.8) is 0 Å². The van der Waals surface area contributed by atoms with Crippen molar-refractivity contribution in [3.8, 4) is 0 Å². The van der Waals surface area contributed by atoms with Gasteiger partial charge in [0, 0.05) is 5.69 Å². The number of nitrogens with one attached hydrogen (secondary N) is 1. The van der Waals surface area contributed by atoms with E-state index in [1.165, 1.54) is 19.2 Å². The van der Waals surface area contributed by atoms with Gasteiger partial charge in [0.1, 0.15) is 5.76 Å². The number of benzene rings is 1.